The summed E-state index contributed by atoms with van der Waals surface area (Å²) in [6, 6.07) is 44.9. The number of hydrogen-bond acceptors (Lipinski definition) is 4. The third-order valence-corrected chi connectivity index (χ3v) is 11.6. The Morgan fingerprint density at radius 2 is 1.02 bits per heavy atom. The number of aromatic nitrogens is 3. The van der Waals surface area contributed by atoms with Gasteiger partial charge in [-0.3, -0.25) is 0 Å². The average Bonchev–Trinajstić information content (AvgIpc) is 3.65. The minimum absolute atomic E-state index is 0.277. The first kappa shape index (κ1) is 28.6. The summed E-state index contributed by atoms with van der Waals surface area (Å²) in [6.45, 7) is 0. The summed E-state index contributed by atoms with van der Waals surface area (Å²) in [7, 11) is 0. The van der Waals surface area contributed by atoms with Gasteiger partial charge in [0.1, 0.15) is 5.52 Å². The summed E-state index contributed by atoms with van der Waals surface area (Å²) in [6.07, 6.45) is 9.94. The molecule has 0 atom stereocenters. The molecule has 4 bridgehead atoms. The van der Waals surface area contributed by atoms with Crippen molar-refractivity contribution in [3.63, 3.8) is 0 Å². The van der Waals surface area contributed by atoms with Crippen molar-refractivity contribution in [2.75, 3.05) is 0 Å². The van der Waals surface area contributed by atoms with Gasteiger partial charge in [0.05, 0.1) is 11.4 Å². The molecule has 4 saturated carbocycles. The maximum atomic E-state index is 6.19. The quantitative estimate of drug-likeness (QED) is 0.182. The Morgan fingerprint density at radius 3 is 1.61 bits per heavy atom. The number of fused-ring (bicyclic) bond motifs is 1. The minimum atomic E-state index is 0.277. The number of benzene rings is 5. The molecule has 2 heterocycles. The Labute approximate surface area is 286 Å². The van der Waals surface area contributed by atoms with Gasteiger partial charge in [-0.05, 0) is 84.5 Å². The van der Waals surface area contributed by atoms with Crippen molar-refractivity contribution in [2.45, 2.75) is 43.9 Å². The number of nitrogens with zero attached hydrogens (tertiary/aromatic N) is 3. The van der Waals surface area contributed by atoms with E-state index in [1.54, 1.807) is 6.39 Å². The van der Waals surface area contributed by atoms with Crippen LogP contribution in [0.1, 0.15) is 44.1 Å². The fourth-order valence-electron chi connectivity index (χ4n) is 9.79. The van der Waals surface area contributed by atoms with Crippen molar-refractivity contribution in [1.29, 1.82) is 0 Å². The molecule has 0 saturated heterocycles. The molecule has 0 amide bonds. The van der Waals surface area contributed by atoms with E-state index >= 15 is 0 Å². The van der Waals surface area contributed by atoms with E-state index in [2.05, 4.69) is 91.0 Å². The van der Waals surface area contributed by atoms with Crippen molar-refractivity contribution in [2.24, 2.45) is 17.8 Å². The molecule has 4 nitrogen and oxygen atoms in total. The zero-order valence-corrected chi connectivity index (χ0v) is 27.4. The summed E-state index contributed by atoms with van der Waals surface area (Å²) in [5, 5.41) is 0. The van der Waals surface area contributed by atoms with Gasteiger partial charge in [-0.1, -0.05) is 121 Å². The molecule has 4 aliphatic carbocycles. The van der Waals surface area contributed by atoms with Gasteiger partial charge in [0.15, 0.2) is 17.8 Å². The number of hydrogen-bond donors (Lipinski definition) is 0. The molecular weight excluding hydrogens is 599 g/mol. The SMILES string of the molecule is c1ccc(-c2cc(-c3ccc(-c4ccc(-c5ccc(C67CC8CC(CC(C8)C6)C7)c6ocnc56)cc4)cc3)nc(-c3ccccc3)n2)cc1. The molecule has 4 fully saturated rings. The van der Waals surface area contributed by atoms with Crippen LogP contribution in [0.25, 0.3) is 67.3 Å². The molecule has 4 heteroatoms. The highest BCUT2D eigenvalue weighted by atomic mass is 16.3. The minimum Gasteiger partial charge on any atom is -0.443 e. The number of oxazole rings is 1. The van der Waals surface area contributed by atoms with Crippen molar-refractivity contribution >= 4 is 11.1 Å². The maximum Gasteiger partial charge on any atom is 0.182 e. The van der Waals surface area contributed by atoms with Gasteiger partial charge >= 0.3 is 0 Å². The van der Waals surface area contributed by atoms with E-state index < -0.39 is 0 Å². The molecular formula is C45H37N3O. The van der Waals surface area contributed by atoms with E-state index in [1.165, 1.54) is 60.8 Å². The first-order chi connectivity index (χ1) is 24.2. The molecule has 0 spiro atoms. The normalized spacial score (nSPS) is 22.5. The van der Waals surface area contributed by atoms with Crippen LogP contribution in [0, 0.1) is 17.8 Å². The fraction of sp³-hybridized carbons (Fsp3) is 0.222. The van der Waals surface area contributed by atoms with Crippen LogP contribution >= 0.6 is 0 Å². The summed E-state index contributed by atoms with van der Waals surface area (Å²) in [5.41, 5.74) is 13.3. The Hall–Kier alpha value is -5.35. The van der Waals surface area contributed by atoms with Crippen LogP contribution in [0.5, 0.6) is 0 Å². The Bertz CT molecular complexity index is 2200. The van der Waals surface area contributed by atoms with Crippen LogP contribution < -0.4 is 0 Å². The second-order valence-electron chi connectivity index (χ2n) is 14.7. The maximum absolute atomic E-state index is 6.19. The van der Waals surface area contributed by atoms with Crippen LogP contribution in [0.3, 0.4) is 0 Å². The third-order valence-electron chi connectivity index (χ3n) is 11.6. The van der Waals surface area contributed by atoms with Crippen molar-refractivity contribution in [3.8, 4) is 56.2 Å². The highest BCUT2D eigenvalue weighted by Gasteiger charge is 2.52. The van der Waals surface area contributed by atoms with E-state index in [9.17, 15) is 0 Å². The molecule has 0 N–H and O–H groups in total. The zero-order chi connectivity index (χ0) is 32.4. The van der Waals surface area contributed by atoms with Crippen molar-refractivity contribution in [3.05, 3.63) is 139 Å². The predicted molar refractivity (Wildman–Crippen MR) is 197 cm³/mol. The summed E-state index contributed by atoms with van der Waals surface area (Å²) in [5.74, 6) is 3.41. The van der Waals surface area contributed by atoms with Gasteiger partial charge in [-0.15, -0.1) is 0 Å². The third kappa shape index (κ3) is 5.01. The molecule has 49 heavy (non-hydrogen) atoms. The van der Waals surface area contributed by atoms with Gasteiger partial charge in [-0.25, -0.2) is 15.0 Å². The van der Waals surface area contributed by atoms with Crippen LogP contribution in [0.4, 0.5) is 0 Å². The fourth-order valence-corrected chi connectivity index (χ4v) is 9.79. The van der Waals surface area contributed by atoms with Gasteiger partial charge in [0.2, 0.25) is 0 Å². The van der Waals surface area contributed by atoms with Crippen molar-refractivity contribution in [1.82, 2.24) is 15.0 Å². The molecule has 4 aliphatic rings. The van der Waals surface area contributed by atoms with Gasteiger partial charge in [0.25, 0.3) is 0 Å². The zero-order valence-electron chi connectivity index (χ0n) is 27.4. The second-order valence-corrected chi connectivity index (χ2v) is 14.7. The van der Waals surface area contributed by atoms with Gasteiger partial charge in [-0.2, -0.15) is 0 Å². The van der Waals surface area contributed by atoms with Crippen molar-refractivity contribution < 1.29 is 4.42 Å². The lowest BCUT2D eigenvalue weighted by Gasteiger charge is -2.57. The number of rotatable bonds is 6. The van der Waals surface area contributed by atoms with E-state index in [0.717, 1.165) is 68.3 Å². The standard InChI is InChI=1S/C45H37N3O/c1-3-7-35(8-4-1)40-24-41(48-44(47-40)37-9-5-2-6-10-37)36-17-13-33(14-18-36)32-11-15-34(16-12-32)38-19-20-39(43-42(38)46-28-49-43)45-25-29-21-30(26-45)23-31(22-29)27-45/h1-20,24,28-31H,21-23,25-27H2. The van der Waals surface area contributed by atoms with Crippen LogP contribution in [-0.2, 0) is 5.41 Å². The topological polar surface area (TPSA) is 51.8 Å². The van der Waals surface area contributed by atoms with Crippen LogP contribution in [-0.4, -0.2) is 15.0 Å². The lowest BCUT2D eigenvalue weighted by molar-refractivity contribution is -0.00487. The summed E-state index contributed by atoms with van der Waals surface area (Å²) >= 11 is 0. The Kier molecular flexibility index (Phi) is 6.65. The van der Waals surface area contributed by atoms with E-state index in [1.807, 2.05) is 36.4 Å². The Balaban J connectivity index is 0.946. The molecule has 238 valence electrons. The molecule has 5 aromatic carbocycles. The largest absolute Gasteiger partial charge is 0.443 e. The van der Waals surface area contributed by atoms with Gasteiger partial charge in [0, 0.05) is 27.8 Å². The lowest BCUT2D eigenvalue weighted by Crippen LogP contribution is -2.48. The highest BCUT2D eigenvalue weighted by Crippen LogP contribution is 2.61. The monoisotopic (exact) mass is 635 g/mol. The smallest absolute Gasteiger partial charge is 0.182 e. The van der Waals surface area contributed by atoms with Crippen LogP contribution in [0.2, 0.25) is 0 Å². The highest BCUT2D eigenvalue weighted by molar-refractivity contribution is 5.93. The molecule has 7 aromatic rings. The summed E-state index contributed by atoms with van der Waals surface area (Å²) < 4.78 is 6.19. The first-order valence-electron chi connectivity index (χ1n) is 17.8. The van der Waals surface area contributed by atoms with E-state index in [0.29, 0.717) is 0 Å². The van der Waals surface area contributed by atoms with Gasteiger partial charge < -0.3 is 4.42 Å². The average molecular weight is 636 g/mol. The van der Waals surface area contributed by atoms with E-state index in [4.69, 9.17) is 19.4 Å². The first-order valence-corrected chi connectivity index (χ1v) is 17.8. The lowest BCUT2D eigenvalue weighted by atomic mass is 9.48. The molecule has 11 rings (SSSR count). The second kappa shape index (κ2) is 11.4. The molecule has 0 radical (unpaired) electrons. The molecule has 0 aliphatic heterocycles. The van der Waals surface area contributed by atoms with Crippen LogP contribution in [0.15, 0.2) is 138 Å². The predicted octanol–water partition coefficient (Wildman–Crippen LogP) is 11.4. The Morgan fingerprint density at radius 1 is 0.510 bits per heavy atom. The molecule has 2 aromatic heterocycles. The summed E-state index contributed by atoms with van der Waals surface area (Å²) in [4.78, 5) is 14.7. The van der Waals surface area contributed by atoms with E-state index in [-0.39, 0.29) is 5.41 Å². The molecule has 0 unspecified atom stereocenters.